The van der Waals surface area contributed by atoms with Crippen molar-refractivity contribution < 1.29 is 13.2 Å². The molecule has 0 aliphatic rings. The highest BCUT2D eigenvalue weighted by Crippen LogP contribution is 2.31. The monoisotopic (exact) mass is 168 g/mol. The predicted molar refractivity (Wildman–Crippen MR) is 39.3 cm³/mol. The Morgan fingerprint density at radius 3 is 1.91 bits per heavy atom. The zero-order valence-electron chi connectivity index (χ0n) is 7.20. The van der Waals surface area contributed by atoms with E-state index in [1.165, 1.54) is 6.92 Å². The van der Waals surface area contributed by atoms with Crippen LogP contribution in [0.15, 0.2) is 0 Å². The fraction of sp³-hybridized carbons (Fsp3) is 1.00. The van der Waals surface area contributed by atoms with Crippen LogP contribution in [0.2, 0.25) is 0 Å². The summed E-state index contributed by atoms with van der Waals surface area (Å²) in [6.45, 7) is 5.00. The van der Waals surface area contributed by atoms with Gasteiger partial charge in [-0.3, -0.25) is 0 Å². The summed E-state index contributed by atoms with van der Waals surface area (Å²) < 4.78 is 35.8. The Morgan fingerprint density at radius 1 is 1.18 bits per heavy atom. The summed E-state index contributed by atoms with van der Waals surface area (Å²) in [4.78, 5) is 0. The highest BCUT2D eigenvalue weighted by Gasteiger charge is 2.36. The zero-order valence-corrected chi connectivity index (χ0v) is 7.20. The van der Waals surface area contributed by atoms with Crippen LogP contribution < -0.4 is 0 Å². The number of hydrogen-bond acceptors (Lipinski definition) is 0. The molecule has 0 aromatic carbocycles. The van der Waals surface area contributed by atoms with E-state index in [9.17, 15) is 13.2 Å². The lowest BCUT2D eigenvalue weighted by Gasteiger charge is -2.18. The molecule has 0 aliphatic heterocycles. The first-order valence-electron chi connectivity index (χ1n) is 3.94. The molecule has 0 rings (SSSR count). The Bertz CT molecular complexity index is 106. The molecule has 0 aliphatic carbocycles. The summed E-state index contributed by atoms with van der Waals surface area (Å²) in [7, 11) is 0. The minimum absolute atomic E-state index is 0.173. The molecule has 0 fully saturated rings. The van der Waals surface area contributed by atoms with E-state index in [-0.39, 0.29) is 12.3 Å². The summed E-state index contributed by atoms with van der Waals surface area (Å²) in [5, 5.41) is 0. The molecule has 0 bridgehead atoms. The third-order valence-corrected chi connectivity index (χ3v) is 2.01. The van der Waals surface area contributed by atoms with Gasteiger partial charge in [-0.2, -0.15) is 13.2 Å². The molecule has 0 saturated heterocycles. The van der Waals surface area contributed by atoms with Crippen molar-refractivity contribution in [3.05, 3.63) is 0 Å². The number of alkyl halides is 3. The lowest BCUT2D eigenvalue weighted by atomic mass is 9.95. The second kappa shape index (κ2) is 3.98. The zero-order chi connectivity index (χ0) is 9.07. The Labute approximate surface area is 65.8 Å². The minimum atomic E-state index is -4.01. The van der Waals surface area contributed by atoms with Crippen molar-refractivity contribution >= 4 is 0 Å². The van der Waals surface area contributed by atoms with Gasteiger partial charge < -0.3 is 0 Å². The third kappa shape index (κ3) is 4.27. The van der Waals surface area contributed by atoms with E-state index in [1.807, 2.05) is 13.8 Å². The van der Waals surface area contributed by atoms with E-state index in [2.05, 4.69) is 0 Å². The van der Waals surface area contributed by atoms with Crippen LogP contribution in [-0.2, 0) is 0 Å². The van der Waals surface area contributed by atoms with Crippen LogP contribution >= 0.6 is 0 Å². The van der Waals surface area contributed by atoms with E-state index in [0.717, 1.165) is 6.42 Å². The molecular weight excluding hydrogens is 153 g/mol. The number of hydrogen-bond donors (Lipinski definition) is 0. The van der Waals surface area contributed by atoms with Gasteiger partial charge in [0.05, 0.1) is 5.92 Å². The van der Waals surface area contributed by atoms with Crippen LogP contribution in [0.4, 0.5) is 13.2 Å². The molecule has 0 spiro atoms. The smallest absolute Gasteiger partial charge is 0.171 e. The Morgan fingerprint density at radius 2 is 1.64 bits per heavy atom. The molecule has 0 nitrogen and oxygen atoms in total. The van der Waals surface area contributed by atoms with E-state index >= 15 is 0 Å². The van der Waals surface area contributed by atoms with Gasteiger partial charge in [-0.1, -0.05) is 27.2 Å². The van der Waals surface area contributed by atoms with Crippen molar-refractivity contribution in [2.24, 2.45) is 11.8 Å². The Kier molecular flexibility index (Phi) is 3.90. The van der Waals surface area contributed by atoms with Crippen LogP contribution in [0.25, 0.3) is 0 Å². The summed E-state index contributed by atoms with van der Waals surface area (Å²) in [5.41, 5.74) is 0. The highest BCUT2D eigenvalue weighted by molar-refractivity contribution is 4.64. The van der Waals surface area contributed by atoms with Gasteiger partial charge in [0.2, 0.25) is 0 Å². The average Bonchev–Trinajstić information content (AvgIpc) is 1.85. The van der Waals surface area contributed by atoms with Crippen LogP contribution in [-0.4, -0.2) is 6.18 Å². The largest absolute Gasteiger partial charge is 0.391 e. The quantitative estimate of drug-likeness (QED) is 0.603. The molecule has 0 aromatic heterocycles. The van der Waals surface area contributed by atoms with Crippen LogP contribution in [0.5, 0.6) is 0 Å². The third-order valence-electron chi connectivity index (χ3n) is 2.01. The summed E-state index contributed by atoms with van der Waals surface area (Å²) in [6, 6.07) is 0. The first kappa shape index (κ1) is 10.8. The maximum atomic E-state index is 11.9. The lowest BCUT2D eigenvalue weighted by Crippen LogP contribution is -2.21. The van der Waals surface area contributed by atoms with Gasteiger partial charge >= 0.3 is 6.18 Å². The first-order chi connectivity index (χ1) is 4.88. The fourth-order valence-corrected chi connectivity index (χ4v) is 0.904. The highest BCUT2D eigenvalue weighted by atomic mass is 19.4. The molecule has 0 amide bonds. The molecule has 0 saturated carbocycles. The molecule has 3 heteroatoms. The second-order valence-electron chi connectivity index (χ2n) is 3.19. The minimum Gasteiger partial charge on any atom is -0.171 e. The summed E-state index contributed by atoms with van der Waals surface area (Å²) in [6.07, 6.45) is -2.94. The van der Waals surface area contributed by atoms with Gasteiger partial charge in [-0.15, -0.1) is 0 Å². The molecule has 2 atom stereocenters. The SMILES string of the molecule is CCC(C)CC(C)C(F)(F)F. The maximum absolute atomic E-state index is 11.9. The van der Waals surface area contributed by atoms with Gasteiger partial charge in [0.15, 0.2) is 0 Å². The van der Waals surface area contributed by atoms with Crippen molar-refractivity contribution in [1.29, 1.82) is 0 Å². The van der Waals surface area contributed by atoms with Gasteiger partial charge in [0.25, 0.3) is 0 Å². The number of halogens is 3. The van der Waals surface area contributed by atoms with Gasteiger partial charge in [-0.05, 0) is 12.3 Å². The van der Waals surface area contributed by atoms with Gasteiger partial charge in [0, 0.05) is 0 Å². The molecule has 0 N–H and O–H groups in total. The molecule has 2 unspecified atom stereocenters. The summed E-state index contributed by atoms with van der Waals surface area (Å²) in [5.74, 6) is -0.982. The standard InChI is InChI=1S/C8H15F3/c1-4-6(2)5-7(3)8(9,10)11/h6-7H,4-5H2,1-3H3. The van der Waals surface area contributed by atoms with Crippen LogP contribution in [0.3, 0.4) is 0 Å². The first-order valence-corrected chi connectivity index (χ1v) is 3.94. The number of rotatable bonds is 3. The lowest BCUT2D eigenvalue weighted by molar-refractivity contribution is -0.173. The van der Waals surface area contributed by atoms with E-state index in [1.54, 1.807) is 0 Å². The Hall–Kier alpha value is -0.210. The molecule has 0 aromatic rings. The second-order valence-corrected chi connectivity index (χ2v) is 3.19. The van der Waals surface area contributed by atoms with Crippen molar-refractivity contribution in [3.63, 3.8) is 0 Å². The van der Waals surface area contributed by atoms with E-state index < -0.39 is 12.1 Å². The molecule has 0 heterocycles. The normalized spacial score (nSPS) is 18.0. The predicted octanol–water partition coefficient (Wildman–Crippen LogP) is 3.62. The summed E-state index contributed by atoms with van der Waals surface area (Å²) >= 11 is 0. The molecular formula is C8H15F3. The molecule has 0 radical (unpaired) electrons. The van der Waals surface area contributed by atoms with Crippen molar-refractivity contribution in [2.45, 2.75) is 39.8 Å². The van der Waals surface area contributed by atoms with Crippen molar-refractivity contribution in [2.75, 3.05) is 0 Å². The van der Waals surface area contributed by atoms with E-state index in [0.29, 0.717) is 0 Å². The van der Waals surface area contributed by atoms with Crippen molar-refractivity contribution in [1.82, 2.24) is 0 Å². The molecule has 11 heavy (non-hydrogen) atoms. The fourth-order valence-electron chi connectivity index (χ4n) is 0.904. The van der Waals surface area contributed by atoms with Crippen LogP contribution in [0.1, 0.15) is 33.6 Å². The van der Waals surface area contributed by atoms with Crippen LogP contribution in [0, 0.1) is 11.8 Å². The van der Waals surface area contributed by atoms with Gasteiger partial charge in [0.1, 0.15) is 0 Å². The average molecular weight is 168 g/mol. The van der Waals surface area contributed by atoms with E-state index in [4.69, 9.17) is 0 Å². The Balaban J connectivity index is 3.77. The van der Waals surface area contributed by atoms with Crippen molar-refractivity contribution in [3.8, 4) is 0 Å². The maximum Gasteiger partial charge on any atom is 0.391 e. The topological polar surface area (TPSA) is 0 Å². The molecule has 68 valence electrons. The van der Waals surface area contributed by atoms with Gasteiger partial charge in [-0.25, -0.2) is 0 Å².